The van der Waals surface area contributed by atoms with Gasteiger partial charge in [-0.1, -0.05) is 11.8 Å². The van der Waals surface area contributed by atoms with Crippen molar-refractivity contribution >= 4 is 49.2 Å². The quantitative estimate of drug-likeness (QED) is 0.0335. The van der Waals surface area contributed by atoms with Gasteiger partial charge >= 0.3 is 66.0 Å². The Morgan fingerprint density at radius 3 is 0.768 bits per heavy atom. The fourth-order valence-electron chi connectivity index (χ4n) is 5.51. The first kappa shape index (κ1) is 57.0. The van der Waals surface area contributed by atoms with Gasteiger partial charge < -0.3 is 38.6 Å². The summed E-state index contributed by atoms with van der Waals surface area (Å²) < 4.78 is 151. The molecule has 0 amide bonds. The van der Waals surface area contributed by atoms with E-state index in [9.17, 15) is 60.6 Å². The fourth-order valence-corrected chi connectivity index (χ4v) is 10.4. The summed E-state index contributed by atoms with van der Waals surface area (Å²) in [5.41, 5.74) is 0. The molecule has 0 aliphatic rings. The molecule has 0 heterocycles. The molecule has 0 unspecified atom stereocenters. The summed E-state index contributed by atoms with van der Waals surface area (Å²) in [6.07, 6.45) is 0. The molecule has 0 bridgehead atoms. The van der Waals surface area contributed by atoms with Gasteiger partial charge in [-0.05, 0) is 146 Å². The van der Waals surface area contributed by atoms with Crippen LogP contribution < -0.4 is 18.9 Å². The van der Waals surface area contributed by atoms with Crippen LogP contribution in [0.15, 0.2) is 185 Å². The van der Waals surface area contributed by atoms with E-state index in [2.05, 4.69) is 97.1 Å². The second-order valence-corrected chi connectivity index (χ2v) is 22.7. The van der Waals surface area contributed by atoms with Crippen LogP contribution in [0.25, 0.3) is 0 Å². The van der Waals surface area contributed by atoms with E-state index < -0.39 is 26.5 Å². The average molecular weight is 1090 g/mol. The Bertz CT molecular complexity index is 2200. The van der Waals surface area contributed by atoms with Gasteiger partial charge in [0.25, 0.3) is 0 Å². The number of hydrogen-bond donors (Lipinski definition) is 2. The van der Waals surface area contributed by atoms with E-state index in [0.717, 1.165) is 42.6 Å². The van der Waals surface area contributed by atoms with Crippen molar-refractivity contribution in [2.75, 3.05) is 54.2 Å². The molecule has 6 aromatic carbocycles. The van der Waals surface area contributed by atoms with Crippen LogP contribution in [0.3, 0.4) is 0 Å². The van der Waals surface area contributed by atoms with E-state index in [-0.39, 0.29) is 50.9 Å². The molecule has 69 heavy (non-hydrogen) atoms. The molecule has 0 saturated carbocycles. The summed E-state index contributed by atoms with van der Waals surface area (Å²) in [5, 5.41) is 18.3. The molecule has 380 valence electrons. The van der Waals surface area contributed by atoms with Crippen LogP contribution in [0.5, 0.6) is 23.0 Å². The van der Waals surface area contributed by atoms with Gasteiger partial charge in [-0.2, -0.15) is 0 Å². The molecule has 0 atom stereocenters. The van der Waals surface area contributed by atoms with Crippen molar-refractivity contribution in [3.8, 4) is 23.0 Å². The van der Waals surface area contributed by atoms with Crippen molar-refractivity contribution in [3.05, 3.63) is 146 Å². The molecule has 25 heteroatoms. The number of benzene rings is 6. The first-order valence-corrected chi connectivity index (χ1v) is 26.9. The minimum absolute atomic E-state index is 0.0343. The van der Waals surface area contributed by atoms with Crippen molar-refractivity contribution in [1.82, 2.24) is 0 Å². The maximum atomic E-state index is 9.87. The van der Waals surface area contributed by atoms with E-state index in [1.165, 1.54) is 19.6 Å². The molecule has 0 aliphatic carbocycles. The Kier molecular flexibility index (Phi) is 18.7. The number of hydrogen-bond acceptors (Lipinski definition) is 9. The minimum atomic E-state index is -10.7. The molecule has 6 aromatic rings. The molecule has 0 spiro atoms. The maximum absolute atomic E-state index is 10.7. The van der Waals surface area contributed by atoms with Crippen molar-refractivity contribution < 1.29 is 89.0 Å². The van der Waals surface area contributed by atoms with Gasteiger partial charge in [0, 0.05) is 24.0 Å². The molecule has 8 nitrogen and oxygen atoms in total. The van der Waals surface area contributed by atoms with E-state index >= 15 is 0 Å². The van der Waals surface area contributed by atoms with Gasteiger partial charge in [-0.3, -0.25) is 0 Å². The molecule has 6 rings (SSSR count). The zero-order chi connectivity index (χ0) is 51.1. The third-order valence-corrected chi connectivity index (χ3v) is 13.5. The van der Waals surface area contributed by atoms with Crippen LogP contribution in [0.1, 0.15) is 0 Å². The Labute approximate surface area is 398 Å². The van der Waals surface area contributed by atoms with Gasteiger partial charge in [-0.25, -0.2) is 0 Å². The van der Waals surface area contributed by atoms with Gasteiger partial charge in [-0.15, -0.1) is 0 Å². The van der Waals surface area contributed by atoms with Crippen molar-refractivity contribution in [1.29, 1.82) is 0 Å². The molecule has 0 radical (unpaired) electrons. The number of methoxy groups -OCH3 is 2. The normalized spacial score (nSPS) is 13.6. The molecule has 0 aromatic heterocycles. The Balaban J connectivity index is 0.000000645. The van der Waals surface area contributed by atoms with Gasteiger partial charge in [0.2, 0.25) is 0 Å². The summed E-state index contributed by atoms with van der Waals surface area (Å²) in [4.78, 5) is 9.26. The molecule has 0 fully saturated rings. The Morgan fingerprint density at radius 1 is 0.362 bits per heavy atom. The summed E-state index contributed by atoms with van der Waals surface area (Å²) in [6, 6.07) is 50.0. The SMILES string of the molecule is COCOc1ccc([S+](c2ccc(OCOC)cc2)c2ccc(Sc3ccc([S+](c4ccc(OCCO)cc4)c4ccc(OCCO)cc4)cc3)cc2)cc1.F[P-](F)(F)(F)(F)F.F[P-](F)(F)(F)(F)F. The van der Waals surface area contributed by atoms with Crippen LogP contribution in [-0.4, -0.2) is 64.4 Å². The predicted molar refractivity (Wildman–Crippen MR) is 244 cm³/mol. The number of ether oxygens (including phenoxy) is 6. The van der Waals surface area contributed by atoms with Crippen molar-refractivity contribution in [2.45, 2.75) is 39.2 Å². The third-order valence-electron chi connectivity index (χ3n) is 8.00. The summed E-state index contributed by atoms with van der Waals surface area (Å²) in [6.45, 7) is 0.831. The average Bonchev–Trinajstić information content (AvgIpc) is 3.27. The Morgan fingerprint density at radius 2 is 0.565 bits per heavy atom. The third kappa shape index (κ3) is 24.2. The number of halogens is 12. The van der Waals surface area contributed by atoms with Crippen LogP contribution in [0.4, 0.5) is 50.4 Å². The van der Waals surface area contributed by atoms with E-state index in [4.69, 9.17) is 28.4 Å². The van der Waals surface area contributed by atoms with Gasteiger partial charge in [0.15, 0.2) is 43.0 Å². The molecular formula is C44H44F12O8P2S3. The predicted octanol–water partition coefficient (Wildman–Crippen LogP) is 15.5. The van der Waals surface area contributed by atoms with Gasteiger partial charge in [0.05, 0.1) is 35.0 Å². The topological polar surface area (TPSA) is 95.8 Å². The summed E-state index contributed by atoms with van der Waals surface area (Å²) >= 11 is 1.73. The molecular weight excluding hydrogens is 1040 g/mol. The van der Waals surface area contributed by atoms with Crippen molar-refractivity contribution in [2.24, 2.45) is 0 Å². The zero-order valence-corrected chi connectivity index (χ0v) is 40.3. The van der Waals surface area contributed by atoms with Gasteiger partial charge in [0.1, 0.15) is 36.2 Å². The summed E-state index contributed by atoms with van der Waals surface area (Å²) in [5.74, 6) is 2.94. The monoisotopic (exact) mass is 1090 g/mol. The van der Waals surface area contributed by atoms with Crippen LogP contribution in [-0.2, 0) is 31.3 Å². The molecule has 0 saturated heterocycles. The van der Waals surface area contributed by atoms with Crippen molar-refractivity contribution in [3.63, 3.8) is 0 Å². The second-order valence-electron chi connectivity index (χ2n) is 13.7. The van der Waals surface area contributed by atoms with E-state index in [0.29, 0.717) is 0 Å². The van der Waals surface area contributed by atoms with Crippen LogP contribution >= 0.6 is 27.4 Å². The second kappa shape index (κ2) is 22.7. The Hall–Kier alpha value is -4.57. The number of aliphatic hydroxyl groups is 2. The van der Waals surface area contributed by atoms with E-state index in [1.807, 2.05) is 48.5 Å². The van der Waals surface area contributed by atoms with Crippen LogP contribution in [0.2, 0.25) is 0 Å². The molecule has 0 aliphatic heterocycles. The molecule has 2 N–H and O–H groups in total. The standard InChI is InChI=1S/C44H44O8S3.2F6P/c1-47-31-51-35-7-19-41(20-8-35)55(42-21-9-36(10-22-42)52-32-48-2)44-25-13-38(14-26-44)53-37-11-23-43(24-12-37)54(39-15-3-33(4-16-39)49-29-27-45)40-17-5-34(6-18-40)50-30-28-46;2*1-7(2,3,4,5)6/h3-26,45-46H,27-32H2,1-2H3;;/q+2;2*-1. The summed E-state index contributed by atoms with van der Waals surface area (Å²) in [7, 11) is -18.9. The van der Waals surface area contributed by atoms with E-state index in [1.54, 1.807) is 26.0 Å². The number of aliphatic hydroxyl groups excluding tert-OH is 2. The fraction of sp³-hybridized carbons (Fsp3) is 0.182. The number of rotatable bonds is 20. The zero-order valence-electron chi connectivity index (χ0n) is 36.1. The van der Waals surface area contributed by atoms with Crippen LogP contribution in [0, 0.1) is 0 Å². The first-order valence-electron chi connectivity index (χ1n) is 19.6. The first-order chi connectivity index (χ1) is 32.0.